The van der Waals surface area contributed by atoms with Gasteiger partial charge < -0.3 is 10.6 Å². The summed E-state index contributed by atoms with van der Waals surface area (Å²) < 4.78 is 0. The van der Waals surface area contributed by atoms with E-state index in [0.717, 1.165) is 65.0 Å². The van der Waals surface area contributed by atoms with E-state index in [0.29, 0.717) is 5.92 Å². The molecule has 1 aliphatic rings. The van der Waals surface area contributed by atoms with Crippen LogP contribution in [0.5, 0.6) is 0 Å². The summed E-state index contributed by atoms with van der Waals surface area (Å²) in [6.07, 6.45) is 7.55. The first kappa shape index (κ1) is 16.7. The predicted octanol–water partition coefficient (Wildman–Crippen LogP) is 3.99. The largest absolute Gasteiger partial charge is 0.397 e. The van der Waals surface area contributed by atoms with E-state index in [1.807, 2.05) is 30.6 Å². The third-order valence-electron chi connectivity index (χ3n) is 5.66. The number of benzene rings is 2. The van der Waals surface area contributed by atoms with Gasteiger partial charge in [0.05, 0.1) is 28.8 Å². The summed E-state index contributed by atoms with van der Waals surface area (Å²) in [5, 5.41) is 8.08. The molecule has 1 aliphatic heterocycles. The first-order valence-corrected chi connectivity index (χ1v) is 9.63. The molecule has 1 fully saturated rings. The van der Waals surface area contributed by atoms with Crippen molar-refractivity contribution in [3.05, 3.63) is 66.9 Å². The molecule has 140 valence electrons. The molecule has 0 amide bonds. The van der Waals surface area contributed by atoms with Gasteiger partial charge in [0, 0.05) is 36.2 Å². The van der Waals surface area contributed by atoms with Crippen molar-refractivity contribution in [1.29, 1.82) is 0 Å². The molecule has 0 unspecified atom stereocenters. The lowest BCUT2D eigenvalue weighted by molar-refractivity contribution is 0.499. The Morgan fingerprint density at radius 2 is 1.86 bits per heavy atom. The highest BCUT2D eigenvalue weighted by Gasteiger charge is 2.24. The minimum atomic E-state index is 0.422. The molecule has 3 heterocycles. The maximum Gasteiger partial charge on any atom is 0.116 e. The van der Waals surface area contributed by atoms with E-state index >= 15 is 0 Å². The fraction of sp³-hybridized carbons (Fsp3) is 0.227. The molecule has 1 saturated heterocycles. The van der Waals surface area contributed by atoms with Crippen LogP contribution in [-0.4, -0.2) is 33.3 Å². The first-order chi connectivity index (χ1) is 13.8. The number of hydrogen-bond donors (Lipinski definition) is 2. The number of nitrogen functional groups attached to an aromatic ring is 1. The van der Waals surface area contributed by atoms with E-state index in [2.05, 4.69) is 44.3 Å². The Morgan fingerprint density at radius 3 is 2.64 bits per heavy atom. The third-order valence-corrected chi connectivity index (χ3v) is 5.66. The molecule has 0 atom stereocenters. The number of nitrogens with two attached hydrogens (primary N) is 1. The van der Waals surface area contributed by atoms with Gasteiger partial charge in [-0.15, -0.1) is 0 Å². The number of anilines is 2. The maximum absolute atomic E-state index is 6.16. The van der Waals surface area contributed by atoms with E-state index in [-0.39, 0.29) is 0 Å². The molecule has 6 heteroatoms. The molecule has 0 aliphatic carbocycles. The normalized spacial score (nSPS) is 15.2. The molecule has 6 nitrogen and oxygen atoms in total. The fourth-order valence-electron chi connectivity index (χ4n) is 4.16. The summed E-state index contributed by atoms with van der Waals surface area (Å²) in [6.45, 7) is 1.96. The van der Waals surface area contributed by atoms with Crippen molar-refractivity contribution in [3.8, 4) is 11.1 Å². The summed E-state index contributed by atoms with van der Waals surface area (Å²) in [4.78, 5) is 11.5. The SMILES string of the molecule is Nc1ccccc1N1CCC(c2ncnc3ccc(-c4cn[nH]c4)cc23)CC1. The van der Waals surface area contributed by atoms with Gasteiger partial charge in [0.25, 0.3) is 0 Å². The molecule has 3 N–H and O–H groups in total. The number of aromatic nitrogens is 4. The lowest BCUT2D eigenvalue weighted by Gasteiger charge is -2.34. The smallest absolute Gasteiger partial charge is 0.116 e. The Morgan fingerprint density at radius 1 is 1.00 bits per heavy atom. The molecule has 0 bridgehead atoms. The number of rotatable bonds is 3. The number of fused-ring (bicyclic) bond motifs is 1. The Bertz CT molecular complexity index is 1100. The van der Waals surface area contributed by atoms with Crippen LogP contribution in [0.1, 0.15) is 24.5 Å². The van der Waals surface area contributed by atoms with Crippen molar-refractivity contribution < 1.29 is 0 Å². The standard InChI is InChI=1S/C22H22N6/c23-19-3-1-2-4-21(19)28-9-7-15(8-10-28)22-18-11-16(17-12-26-27-13-17)5-6-20(18)24-14-25-22/h1-6,11-15H,7-10,23H2,(H,26,27). The van der Waals surface area contributed by atoms with Crippen LogP contribution in [0.15, 0.2) is 61.2 Å². The number of nitrogens with zero attached hydrogens (tertiary/aromatic N) is 4. The highest BCUT2D eigenvalue weighted by Crippen LogP contribution is 2.35. The maximum atomic E-state index is 6.16. The summed E-state index contributed by atoms with van der Waals surface area (Å²) in [6, 6.07) is 14.5. The minimum Gasteiger partial charge on any atom is -0.397 e. The Hall–Kier alpha value is -3.41. The summed E-state index contributed by atoms with van der Waals surface area (Å²) >= 11 is 0. The van der Waals surface area contributed by atoms with Gasteiger partial charge in [0.2, 0.25) is 0 Å². The predicted molar refractivity (Wildman–Crippen MR) is 112 cm³/mol. The molecule has 28 heavy (non-hydrogen) atoms. The van der Waals surface area contributed by atoms with Crippen LogP contribution in [0.3, 0.4) is 0 Å². The molecule has 2 aromatic carbocycles. The summed E-state index contributed by atoms with van der Waals surface area (Å²) in [5.74, 6) is 0.422. The first-order valence-electron chi connectivity index (χ1n) is 9.63. The molecule has 2 aromatic heterocycles. The van der Waals surface area contributed by atoms with Crippen molar-refractivity contribution in [3.63, 3.8) is 0 Å². The Balaban J connectivity index is 1.44. The van der Waals surface area contributed by atoms with E-state index in [4.69, 9.17) is 10.7 Å². The average Bonchev–Trinajstić information content (AvgIpc) is 3.28. The van der Waals surface area contributed by atoms with E-state index in [1.165, 1.54) is 0 Å². The fourth-order valence-corrected chi connectivity index (χ4v) is 4.16. The van der Waals surface area contributed by atoms with Crippen molar-refractivity contribution >= 4 is 22.3 Å². The summed E-state index contributed by atoms with van der Waals surface area (Å²) in [7, 11) is 0. The van der Waals surface area contributed by atoms with Crippen LogP contribution in [0.2, 0.25) is 0 Å². The topological polar surface area (TPSA) is 83.7 Å². The molecule has 4 aromatic rings. The van der Waals surface area contributed by atoms with Crippen LogP contribution in [0, 0.1) is 0 Å². The second kappa shape index (κ2) is 6.96. The number of hydrogen-bond acceptors (Lipinski definition) is 5. The van der Waals surface area contributed by atoms with Gasteiger partial charge in [-0.3, -0.25) is 5.10 Å². The second-order valence-corrected chi connectivity index (χ2v) is 7.30. The van der Waals surface area contributed by atoms with Crippen molar-refractivity contribution in [2.24, 2.45) is 0 Å². The Kier molecular flexibility index (Phi) is 4.16. The van der Waals surface area contributed by atoms with Crippen LogP contribution < -0.4 is 10.6 Å². The molecule has 0 spiro atoms. The Labute approximate surface area is 163 Å². The lowest BCUT2D eigenvalue weighted by atomic mass is 9.90. The number of H-pyrrole nitrogens is 1. The number of piperidine rings is 1. The van der Waals surface area contributed by atoms with Gasteiger partial charge in [0.15, 0.2) is 0 Å². The van der Waals surface area contributed by atoms with Crippen LogP contribution in [0.25, 0.3) is 22.0 Å². The quantitative estimate of drug-likeness (QED) is 0.533. The average molecular weight is 370 g/mol. The lowest BCUT2D eigenvalue weighted by Crippen LogP contribution is -2.33. The molecule has 0 saturated carbocycles. The molecule has 0 radical (unpaired) electrons. The van der Waals surface area contributed by atoms with E-state index in [1.54, 1.807) is 6.33 Å². The minimum absolute atomic E-state index is 0.422. The zero-order valence-electron chi connectivity index (χ0n) is 15.5. The van der Waals surface area contributed by atoms with Gasteiger partial charge in [-0.2, -0.15) is 5.10 Å². The summed E-state index contributed by atoms with van der Waals surface area (Å²) in [5.41, 5.74) is 12.5. The highest BCUT2D eigenvalue weighted by atomic mass is 15.1. The monoisotopic (exact) mass is 370 g/mol. The number of nitrogens with one attached hydrogen (secondary N) is 1. The molecular weight excluding hydrogens is 348 g/mol. The van der Waals surface area contributed by atoms with Crippen LogP contribution in [0.4, 0.5) is 11.4 Å². The third kappa shape index (κ3) is 2.97. The second-order valence-electron chi connectivity index (χ2n) is 7.30. The number of aromatic amines is 1. The van der Waals surface area contributed by atoms with E-state index in [9.17, 15) is 0 Å². The van der Waals surface area contributed by atoms with Gasteiger partial charge in [-0.05, 0) is 42.7 Å². The van der Waals surface area contributed by atoms with E-state index < -0.39 is 0 Å². The number of para-hydroxylation sites is 2. The van der Waals surface area contributed by atoms with Gasteiger partial charge in [-0.25, -0.2) is 9.97 Å². The van der Waals surface area contributed by atoms with Gasteiger partial charge >= 0.3 is 0 Å². The van der Waals surface area contributed by atoms with Gasteiger partial charge in [-0.1, -0.05) is 18.2 Å². The zero-order chi connectivity index (χ0) is 18.9. The zero-order valence-corrected chi connectivity index (χ0v) is 15.5. The van der Waals surface area contributed by atoms with Gasteiger partial charge in [0.1, 0.15) is 6.33 Å². The van der Waals surface area contributed by atoms with Crippen molar-refractivity contribution in [1.82, 2.24) is 20.2 Å². The molecular formula is C22H22N6. The van der Waals surface area contributed by atoms with Crippen molar-refractivity contribution in [2.75, 3.05) is 23.7 Å². The van der Waals surface area contributed by atoms with Crippen LogP contribution >= 0.6 is 0 Å². The molecule has 5 rings (SSSR count). The highest BCUT2D eigenvalue weighted by molar-refractivity contribution is 5.86. The van der Waals surface area contributed by atoms with Crippen LogP contribution in [-0.2, 0) is 0 Å². The van der Waals surface area contributed by atoms with Crippen molar-refractivity contribution in [2.45, 2.75) is 18.8 Å².